The molecular formula is C26H26ClF3N6O3. The highest BCUT2D eigenvalue weighted by molar-refractivity contribution is 6.30. The van der Waals surface area contributed by atoms with Gasteiger partial charge >= 0.3 is 12.1 Å². The zero-order valence-corrected chi connectivity index (χ0v) is 21.6. The van der Waals surface area contributed by atoms with Crippen molar-refractivity contribution in [3.05, 3.63) is 64.6 Å². The molecule has 1 unspecified atom stereocenters. The SMILES string of the molecule is Cc1ccn(-c2cc(Cl)ccc2C(Oc2cc(C3=CC[C@]4(CC3)CN[C@H](C(=O)O)C4)nc(N)n2)C(F)(F)F)n1. The number of rotatable bonds is 6. The summed E-state index contributed by atoms with van der Waals surface area (Å²) in [6.07, 6.45) is -1.32. The van der Waals surface area contributed by atoms with Gasteiger partial charge in [0.2, 0.25) is 17.9 Å². The number of nitrogens with two attached hydrogens (primary N) is 1. The van der Waals surface area contributed by atoms with Crippen molar-refractivity contribution < 1.29 is 27.8 Å². The number of halogens is 4. The van der Waals surface area contributed by atoms with Crippen molar-refractivity contribution in [3.8, 4) is 11.6 Å². The molecule has 4 N–H and O–H groups in total. The number of anilines is 1. The highest BCUT2D eigenvalue weighted by Crippen LogP contribution is 2.45. The number of allylic oxidation sites excluding steroid dienone is 2. The minimum Gasteiger partial charge on any atom is -0.480 e. The molecule has 3 atom stereocenters. The molecule has 1 saturated heterocycles. The molecular weight excluding hydrogens is 537 g/mol. The molecule has 1 aliphatic carbocycles. The number of alkyl halides is 3. The lowest BCUT2D eigenvalue weighted by molar-refractivity contribution is -0.198. The van der Waals surface area contributed by atoms with E-state index in [2.05, 4.69) is 20.4 Å². The van der Waals surface area contributed by atoms with Crippen LogP contribution in [-0.4, -0.2) is 49.6 Å². The van der Waals surface area contributed by atoms with Crippen LogP contribution < -0.4 is 15.8 Å². The largest absolute Gasteiger partial charge is 0.480 e. The van der Waals surface area contributed by atoms with Crippen molar-refractivity contribution in [1.29, 1.82) is 0 Å². The van der Waals surface area contributed by atoms with E-state index in [9.17, 15) is 23.1 Å². The van der Waals surface area contributed by atoms with Crippen LogP contribution in [0.1, 0.15) is 48.7 Å². The lowest BCUT2D eigenvalue weighted by Crippen LogP contribution is -2.30. The van der Waals surface area contributed by atoms with E-state index >= 15 is 0 Å². The maximum absolute atomic E-state index is 14.4. The van der Waals surface area contributed by atoms with Crippen molar-refractivity contribution >= 4 is 29.1 Å². The summed E-state index contributed by atoms with van der Waals surface area (Å²) in [6, 6.07) is 6.42. The first-order valence-corrected chi connectivity index (χ1v) is 12.7. The fourth-order valence-electron chi connectivity index (χ4n) is 5.20. The molecule has 3 heterocycles. The quantitative estimate of drug-likeness (QED) is 0.387. The summed E-state index contributed by atoms with van der Waals surface area (Å²) in [5.74, 6) is -1.43. The Morgan fingerprint density at radius 1 is 1.31 bits per heavy atom. The molecule has 1 aromatic carbocycles. The van der Waals surface area contributed by atoms with Crippen LogP contribution in [0.3, 0.4) is 0 Å². The Balaban J connectivity index is 1.44. The molecule has 1 spiro atoms. The average molecular weight is 563 g/mol. The second-order valence-corrected chi connectivity index (χ2v) is 10.4. The van der Waals surface area contributed by atoms with Crippen LogP contribution in [0.5, 0.6) is 5.88 Å². The van der Waals surface area contributed by atoms with Crippen LogP contribution in [0.4, 0.5) is 19.1 Å². The molecule has 9 nitrogen and oxygen atoms in total. The Labute approximate surface area is 226 Å². The van der Waals surface area contributed by atoms with E-state index in [1.54, 1.807) is 19.2 Å². The Hall–Kier alpha value is -3.64. The summed E-state index contributed by atoms with van der Waals surface area (Å²) in [6.45, 7) is 2.31. The number of aryl methyl sites for hydroxylation is 1. The van der Waals surface area contributed by atoms with Crippen molar-refractivity contribution in [2.24, 2.45) is 5.41 Å². The second kappa shape index (κ2) is 10.2. The highest BCUT2D eigenvalue weighted by Gasteiger charge is 2.45. The van der Waals surface area contributed by atoms with Crippen LogP contribution in [-0.2, 0) is 4.79 Å². The first-order chi connectivity index (χ1) is 18.4. The van der Waals surface area contributed by atoms with Gasteiger partial charge in [0, 0.05) is 29.4 Å². The molecule has 13 heteroatoms. The minimum absolute atomic E-state index is 0.116. The molecule has 3 aromatic rings. The van der Waals surface area contributed by atoms with Gasteiger partial charge in [-0.05, 0) is 61.8 Å². The van der Waals surface area contributed by atoms with E-state index in [1.807, 2.05) is 6.08 Å². The van der Waals surface area contributed by atoms with Crippen LogP contribution in [0, 0.1) is 12.3 Å². The number of benzene rings is 1. The van der Waals surface area contributed by atoms with Crippen molar-refractivity contribution in [2.45, 2.75) is 50.9 Å². The van der Waals surface area contributed by atoms with E-state index in [1.165, 1.54) is 28.9 Å². The van der Waals surface area contributed by atoms with Crippen molar-refractivity contribution in [3.63, 3.8) is 0 Å². The maximum atomic E-state index is 14.4. The number of nitrogen functional groups attached to an aromatic ring is 1. The molecule has 0 radical (unpaired) electrons. The number of aromatic nitrogens is 4. The maximum Gasteiger partial charge on any atom is 0.429 e. The fraction of sp³-hybridized carbons (Fsp3) is 0.385. The molecule has 2 aromatic heterocycles. The Bertz CT molecular complexity index is 1440. The first-order valence-electron chi connectivity index (χ1n) is 12.3. The third-order valence-corrected chi connectivity index (χ3v) is 7.43. The number of carbonyl (C=O) groups is 1. The van der Waals surface area contributed by atoms with Gasteiger partial charge in [-0.25, -0.2) is 9.67 Å². The molecule has 39 heavy (non-hydrogen) atoms. The molecule has 1 fully saturated rings. The first kappa shape index (κ1) is 26.9. The molecule has 0 saturated carbocycles. The molecule has 2 aliphatic rings. The van der Waals surface area contributed by atoms with E-state index in [4.69, 9.17) is 22.1 Å². The molecule has 206 valence electrons. The standard InChI is InChI=1S/C26H26ClF3N6O3/c1-14-6-9-36(35-14)20-10-16(27)2-3-17(20)22(26(28,29)30)39-21-11-18(33-24(31)34-21)15-4-7-25(8-5-15)12-19(23(37)38)32-13-25/h2-4,6,9-11,19,22,32H,5,7-8,12-13H2,1H3,(H,37,38)(H2,31,33,34)/t19-,22?,25+/m0/s1. The molecule has 0 bridgehead atoms. The smallest absolute Gasteiger partial charge is 0.429 e. The zero-order chi connectivity index (χ0) is 27.9. The third kappa shape index (κ3) is 5.71. The zero-order valence-electron chi connectivity index (χ0n) is 20.9. The number of nitrogens with one attached hydrogen (secondary N) is 1. The summed E-state index contributed by atoms with van der Waals surface area (Å²) in [5.41, 5.74) is 7.40. The van der Waals surface area contributed by atoms with Gasteiger partial charge in [0.1, 0.15) is 6.04 Å². The average Bonchev–Trinajstić information content (AvgIpc) is 3.49. The summed E-state index contributed by atoms with van der Waals surface area (Å²) in [5, 5.41) is 16.8. The van der Waals surface area contributed by atoms with Gasteiger partial charge in [-0.1, -0.05) is 23.7 Å². The second-order valence-electron chi connectivity index (χ2n) is 10.0. The molecule has 5 rings (SSSR count). The van der Waals surface area contributed by atoms with Gasteiger partial charge in [0.05, 0.1) is 17.1 Å². The number of carboxylic acid groups (broad SMARTS) is 1. The predicted molar refractivity (Wildman–Crippen MR) is 137 cm³/mol. The molecule has 1 aliphatic heterocycles. The lowest BCUT2D eigenvalue weighted by Gasteiger charge is -2.31. The summed E-state index contributed by atoms with van der Waals surface area (Å²) >= 11 is 6.11. The van der Waals surface area contributed by atoms with Gasteiger partial charge < -0.3 is 20.9 Å². The number of ether oxygens (including phenoxy) is 1. The minimum atomic E-state index is -4.81. The van der Waals surface area contributed by atoms with Crippen LogP contribution in [0.15, 0.2) is 42.6 Å². The lowest BCUT2D eigenvalue weighted by atomic mass is 9.73. The Morgan fingerprint density at radius 3 is 2.72 bits per heavy atom. The summed E-state index contributed by atoms with van der Waals surface area (Å²) in [7, 11) is 0. The number of nitrogens with zero attached hydrogens (tertiary/aromatic N) is 4. The monoisotopic (exact) mass is 562 g/mol. The van der Waals surface area contributed by atoms with Gasteiger partial charge in [-0.15, -0.1) is 0 Å². The van der Waals surface area contributed by atoms with Gasteiger partial charge in [-0.3, -0.25) is 4.79 Å². The van der Waals surface area contributed by atoms with Gasteiger partial charge in [0.25, 0.3) is 0 Å². The van der Waals surface area contributed by atoms with Gasteiger partial charge in [0.15, 0.2) is 0 Å². The summed E-state index contributed by atoms with van der Waals surface area (Å²) < 4.78 is 49.9. The van der Waals surface area contributed by atoms with Crippen LogP contribution in [0.25, 0.3) is 11.3 Å². The van der Waals surface area contributed by atoms with E-state index in [0.29, 0.717) is 43.6 Å². The van der Waals surface area contributed by atoms with Gasteiger partial charge in [-0.2, -0.15) is 23.3 Å². The Kier molecular flexibility index (Phi) is 7.02. The van der Waals surface area contributed by atoms with Crippen molar-refractivity contribution in [2.75, 3.05) is 12.3 Å². The Morgan fingerprint density at radius 2 is 2.10 bits per heavy atom. The van der Waals surface area contributed by atoms with E-state index < -0.39 is 24.3 Å². The number of hydrogen-bond donors (Lipinski definition) is 3. The van der Waals surface area contributed by atoms with E-state index in [-0.39, 0.29) is 33.5 Å². The fourth-order valence-corrected chi connectivity index (χ4v) is 5.36. The third-order valence-electron chi connectivity index (χ3n) is 7.19. The topological polar surface area (TPSA) is 128 Å². The number of aliphatic carboxylic acids is 1. The van der Waals surface area contributed by atoms with Crippen molar-refractivity contribution in [1.82, 2.24) is 25.1 Å². The molecule has 0 amide bonds. The summed E-state index contributed by atoms with van der Waals surface area (Å²) in [4.78, 5) is 19.5. The van der Waals surface area contributed by atoms with Crippen LogP contribution >= 0.6 is 11.6 Å². The number of carboxylic acids is 1. The predicted octanol–water partition coefficient (Wildman–Crippen LogP) is 4.89. The van der Waals surface area contributed by atoms with Crippen LogP contribution in [0.2, 0.25) is 5.02 Å². The number of hydrogen-bond acceptors (Lipinski definition) is 7. The normalized spacial score (nSPS) is 22.1. The highest BCUT2D eigenvalue weighted by atomic mass is 35.5. The van der Waals surface area contributed by atoms with E-state index in [0.717, 1.165) is 5.57 Å².